The molecular formula is C17H25NO3. The summed E-state index contributed by atoms with van der Waals surface area (Å²) in [5.74, 6) is 0.253. The number of para-hydroxylation sites is 1. The van der Waals surface area contributed by atoms with Crippen molar-refractivity contribution in [2.45, 2.75) is 52.1 Å². The molecule has 1 aromatic rings. The van der Waals surface area contributed by atoms with Crippen molar-refractivity contribution in [2.75, 3.05) is 7.11 Å². The first-order chi connectivity index (χ1) is 10.2. The standard InChI is InChI=1S/C17H25NO3/c1-4-5-11-16(18-15-9-7-6-8-10-15)21-17(19)13-12-14(2)20-3/h6-10,14H,4-5,11-13H2,1-3H3. The quantitative estimate of drug-likeness (QED) is 0.408. The van der Waals surface area contributed by atoms with Crippen molar-refractivity contribution in [1.29, 1.82) is 0 Å². The zero-order chi connectivity index (χ0) is 15.5. The molecule has 0 heterocycles. The Balaban J connectivity index is 2.61. The van der Waals surface area contributed by atoms with Gasteiger partial charge in [-0.3, -0.25) is 4.79 Å². The van der Waals surface area contributed by atoms with Gasteiger partial charge in [-0.15, -0.1) is 0 Å². The van der Waals surface area contributed by atoms with Crippen LogP contribution in [0.25, 0.3) is 0 Å². The van der Waals surface area contributed by atoms with Crippen LogP contribution in [0.2, 0.25) is 0 Å². The molecule has 0 aliphatic rings. The Morgan fingerprint density at radius 3 is 2.57 bits per heavy atom. The van der Waals surface area contributed by atoms with Gasteiger partial charge in [-0.25, -0.2) is 4.99 Å². The number of benzene rings is 1. The van der Waals surface area contributed by atoms with E-state index in [1.165, 1.54) is 0 Å². The molecule has 1 atom stereocenters. The molecule has 0 aliphatic carbocycles. The first-order valence-electron chi connectivity index (χ1n) is 7.51. The van der Waals surface area contributed by atoms with E-state index in [0.29, 0.717) is 25.2 Å². The van der Waals surface area contributed by atoms with Gasteiger partial charge in [-0.1, -0.05) is 31.5 Å². The highest BCUT2D eigenvalue weighted by Crippen LogP contribution is 2.13. The molecule has 0 aromatic heterocycles. The van der Waals surface area contributed by atoms with Crippen molar-refractivity contribution >= 4 is 17.6 Å². The monoisotopic (exact) mass is 291 g/mol. The van der Waals surface area contributed by atoms with E-state index < -0.39 is 0 Å². The van der Waals surface area contributed by atoms with Crippen LogP contribution in [0.1, 0.15) is 46.0 Å². The normalized spacial score (nSPS) is 13.0. The number of nitrogens with zero attached hydrogens (tertiary/aromatic N) is 1. The molecule has 0 bridgehead atoms. The molecule has 4 nitrogen and oxygen atoms in total. The van der Waals surface area contributed by atoms with E-state index in [1.54, 1.807) is 7.11 Å². The molecule has 21 heavy (non-hydrogen) atoms. The highest BCUT2D eigenvalue weighted by atomic mass is 16.5. The number of hydrogen-bond donors (Lipinski definition) is 0. The van der Waals surface area contributed by atoms with Crippen LogP contribution in [-0.2, 0) is 14.3 Å². The fourth-order valence-electron chi connectivity index (χ4n) is 1.73. The summed E-state index contributed by atoms with van der Waals surface area (Å²) in [7, 11) is 1.64. The van der Waals surface area contributed by atoms with Crippen LogP contribution >= 0.6 is 0 Å². The average molecular weight is 291 g/mol. The van der Waals surface area contributed by atoms with Gasteiger partial charge >= 0.3 is 5.97 Å². The van der Waals surface area contributed by atoms with Gasteiger partial charge in [0.1, 0.15) is 0 Å². The van der Waals surface area contributed by atoms with Gasteiger partial charge in [0.2, 0.25) is 0 Å². The number of carbonyl (C=O) groups excluding carboxylic acids is 1. The minimum Gasteiger partial charge on any atom is -0.412 e. The first kappa shape index (κ1) is 17.4. The van der Waals surface area contributed by atoms with Crippen molar-refractivity contribution < 1.29 is 14.3 Å². The highest BCUT2D eigenvalue weighted by Gasteiger charge is 2.11. The molecule has 1 rings (SSSR count). The van der Waals surface area contributed by atoms with Gasteiger partial charge in [-0.2, -0.15) is 0 Å². The summed E-state index contributed by atoms with van der Waals surface area (Å²) in [4.78, 5) is 16.3. The van der Waals surface area contributed by atoms with Gasteiger partial charge in [0.15, 0.2) is 5.90 Å². The predicted octanol–water partition coefficient (Wildman–Crippen LogP) is 4.27. The van der Waals surface area contributed by atoms with Crippen LogP contribution in [0.4, 0.5) is 5.69 Å². The fourth-order valence-corrected chi connectivity index (χ4v) is 1.73. The molecule has 0 saturated carbocycles. The van der Waals surface area contributed by atoms with Crippen LogP contribution in [0.3, 0.4) is 0 Å². The Labute approximate surface area is 127 Å². The zero-order valence-corrected chi connectivity index (χ0v) is 13.2. The van der Waals surface area contributed by atoms with E-state index in [2.05, 4.69) is 11.9 Å². The zero-order valence-electron chi connectivity index (χ0n) is 13.2. The van der Waals surface area contributed by atoms with Crippen molar-refractivity contribution in [3.63, 3.8) is 0 Å². The lowest BCUT2D eigenvalue weighted by atomic mass is 10.2. The second-order valence-electron chi connectivity index (χ2n) is 5.00. The molecule has 1 aromatic carbocycles. The molecule has 0 saturated heterocycles. The number of aliphatic imine (C=N–C) groups is 1. The molecule has 116 valence electrons. The maximum absolute atomic E-state index is 11.9. The van der Waals surface area contributed by atoms with E-state index in [1.807, 2.05) is 37.3 Å². The van der Waals surface area contributed by atoms with E-state index in [9.17, 15) is 4.79 Å². The molecule has 0 amide bonds. The number of unbranched alkanes of at least 4 members (excludes halogenated alkanes) is 1. The van der Waals surface area contributed by atoms with Gasteiger partial charge in [0.05, 0.1) is 11.8 Å². The highest BCUT2D eigenvalue weighted by molar-refractivity contribution is 5.90. The third-order valence-electron chi connectivity index (χ3n) is 3.14. The molecule has 1 unspecified atom stereocenters. The van der Waals surface area contributed by atoms with Gasteiger partial charge in [0, 0.05) is 20.0 Å². The summed E-state index contributed by atoms with van der Waals surface area (Å²) in [5.41, 5.74) is 0.807. The van der Waals surface area contributed by atoms with E-state index in [-0.39, 0.29) is 12.1 Å². The molecule has 0 spiro atoms. The number of esters is 1. The number of hydrogen-bond acceptors (Lipinski definition) is 4. The lowest BCUT2D eigenvalue weighted by Gasteiger charge is -2.10. The smallest absolute Gasteiger partial charge is 0.312 e. The van der Waals surface area contributed by atoms with Crippen molar-refractivity contribution in [3.8, 4) is 0 Å². The molecule has 0 radical (unpaired) electrons. The Morgan fingerprint density at radius 1 is 1.24 bits per heavy atom. The Morgan fingerprint density at radius 2 is 1.95 bits per heavy atom. The number of carbonyl (C=O) groups is 1. The maximum atomic E-state index is 11.9. The summed E-state index contributed by atoms with van der Waals surface area (Å²) in [6.07, 6.45) is 3.72. The van der Waals surface area contributed by atoms with Gasteiger partial charge in [0.25, 0.3) is 0 Å². The SMILES string of the molecule is CCCCC(=Nc1ccccc1)OC(=O)CCC(C)OC. The van der Waals surface area contributed by atoms with Gasteiger partial charge < -0.3 is 9.47 Å². The second-order valence-corrected chi connectivity index (χ2v) is 5.00. The van der Waals surface area contributed by atoms with Crippen molar-refractivity contribution in [2.24, 2.45) is 4.99 Å². The lowest BCUT2D eigenvalue weighted by molar-refractivity contribution is -0.136. The predicted molar refractivity (Wildman–Crippen MR) is 84.9 cm³/mol. The third-order valence-corrected chi connectivity index (χ3v) is 3.14. The lowest BCUT2D eigenvalue weighted by Crippen LogP contribution is -2.15. The van der Waals surface area contributed by atoms with Crippen molar-refractivity contribution in [3.05, 3.63) is 30.3 Å². The summed E-state index contributed by atoms with van der Waals surface area (Å²) in [6, 6.07) is 9.55. The van der Waals surface area contributed by atoms with E-state index >= 15 is 0 Å². The summed E-state index contributed by atoms with van der Waals surface area (Å²) < 4.78 is 10.5. The topological polar surface area (TPSA) is 47.9 Å². The van der Waals surface area contributed by atoms with Crippen LogP contribution < -0.4 is 0 Å². The Bertz CT molecular complexity index is 443. The van der Waals surface area contributed by atoms with Crippen LogP contribution in [-0.4, -0.2) is 25.1 Å². The average Bonchev–Trinajstić information content (AvgIpc) is 2.51. The Kier molecular flexibility index (Phi) is 8.36. The molecule has 0 aliphatic heterocycles. The number of methoxy groups -OCH3 is 1. The van der Waals surface area contributed by atoms with E-state index in [0.717, 1.165) is 18.5 Å². The molecule has 0 fully saturated rings. The summed E-state index contributed by atoms with van der Waals surface area (Å²) in [5, 5.41) is 0. The minimum absolute atomic E-state index is 0.0581. The summed E-state index contributed by atoms with van der Waals surface area (Å²) >= 11 is 0. The Hall–Kier alpha value is -1.68. The third kappa shape index (κ3) is 7.61. The minimum atomic E-state index is -0.246. The molecular weight excluding hydrogens is 266 g/mol. The van der Waals surface area contributed by atoms with E-state index in [4.69, 9.17) is 9.47 Å². The van der Waals surface area contributed by atoms with Crippen LogP contribution in [0.5, 0.6) is 0 Å². The van der Waals surface area contributed by atoms with Crippen molar-refractivity contribution in [1.82, 2.24) is 0 Å². The summed E-state index contributed by atoms with van der Waals surface area (Å²) in [6.45, 7) is 4.03. The molecule has 4 heteroatoms. The largest absolute Gasteiger partial charge is 0.412 e. The second kappa shape index (κ2) is 10.1. The fraction of sp³-hybridized carbons (Fsp3) is 0.529. The number of ether oxygens (including phenoxy) is 2. The molecule has 0 N–H and O–H groups in total. The van der Waals surface area contributed by atoms with Gasteiger partial charge in [-0.05, 0) is 31.9 Å². The first-order valence-corrected chi connectivity index (χ1v) is 7.51. The number of rotatable bonds is 8. The maximum Gasteiger partial charge on any atom is 0.312 e. The van der Waals surface area contributed by atoms with Crippen LogP contribution in [0.15, 0.2) is 35.3 Å². The van der Waals surface area contributed by atoms with Crippen LogP contribution in [0, 0.1) is 0 Å².